The molecule has 104 valence electrons. The lowest BCUT2D eigenvalue weighted by Gasteiger charge is -2.35. The Morgan fingerprint density at radius 2 is 1.24 bits per heavy atom. The molecule has 0 fully saturated rings. The highest BCUT2D eigenvalue weighted by Gasteiger charge is 2.69. The molecule has 1 nitrogen and oxygen atoms in total. The standard InChI is InChI=1S/C7H10F8OSi/c1-17(2,3)7(14,15)6(12,13)16-5(10,11)4(8)9/h4H,1-3H3. The lowest BCUT2D eigenvalue weighted by molar-refractivity contribution is -0.437. The molecular weight excluding hydrogens is 280 g/mol. The number of rotatable bonds is 5. The van der Waals surface area contributed by atoms with E-state index >= 15 is 0 Å². The number of hydrogen-bond donors (Lipinski definition) is 0. The minimum Gasteiger partial charge on any atom is -0.246 e. The summed E-state index contributed by atoms with van der Waals surface area (Å²) in [6.45, 7) is 2.31. The van der Waals surface area contributed by atoms with E-state index in [1.165, 1.54) is 0 Å². The molecule has 10 heteroatoms. The van der Waals surface area contributed by atoms with Gasteiger partial charge < -0.3 is 0 Å². The fourth-order valence-electron chi connectivity index (χ4n) is 0.716. The van der Waals surface area contributed by atoms with E-state index in [9.17, 15) is 35.1 Å². The fourth-order valence-corrected chi connectivity index (χ4v) is 1.64. The van der Waals surface area contributed by atoms with Crippen LogP contribution in [0, 0.1) is 0 Å². The van der Waals surface area contributed by atoms with E-state index in [4.69, 9.17) is 0 Å². The van der Waals surface area contributed by atoms with E-state index in [2.05, 4.69) is 4.74 Å². The average molecular weight is 290 g/mol. The van der Waals surface area contributed by atoms with Crippen molar-refractivity contribution in [1.29, 1.82) is 0 Å². The van der Waals surface area contributed by atoms with Gasteiger partial charge in [-0.1, -0.05) is 19.6 Å². The van der Waals surface area contributed by atoms with Gasteiger partial charge >= 0.3 is 24.2 Å². The van der Waals surface area contributed by atoms with Gasteiger partial charge in [-0.15, -0.1) is 0 Å². The van der Waals surface area contributed by atoms with Gasteiger partial charge in [-0.05, 0) is 0 Å². The minimum absolute atomic E-state index is 0.769. The molecule has 0 aromatic heterocycles. The molecular formula is C7H10F8OSi. The maximum absolute atomic E-state index is 13.1. The van der Waals surface area contributed by atoms with E-state index < -0.39 is 32.3 Å². The van der Waals surface area contributed by atoms with Crippen LogP contribution in [0.4, 0.5) is 35.1 Å². The molecule has 0 aliphatic rings. The smallest absolute Gasteiger partial charge is 0.246 e. The van der Waals surface area contributed by atoms with E-state index in [1.54, 1.807) is 0 Å². The highest BCUT2D eigenvalue weighted by atomic mass is 28.3. The first-order valence-electron chi connectivity index (χ1n) is 4.27. The summed E-state index contributed by atoms with van der Waals surface area (Å²) >= 11 is 0. The Balaban J connectivity index is 5.17. The second kappa shape index (κ2) is 4.37. The van der Waals surface area contributed by atoms with E-state index in [-0.39, 0.29) is 0 Å². The zero-order valence-corrected chi connectivity index (χ0v) is 10.0. The molecule has 0 unspecified atom stereocenters. The predicted molar refractivity (Wildman–Crippen MR) is 45.3 cm³/mol. The Morgan fingerprint density at radius 1 is 0.882 bits per heavy atom. The van der Waals surface area contributed by atoms with Crippen molar-refractivity contribution >= 4 is 8.07 Å². The molecule has 0 aliphatic heterocycles. The monoisotopic (exact) mass is 290 g/mol. The summed E-state index contributed by atoms with van der Waals surface area (Å²) in [6, 6.07) is 0. The average Bonchev–Trinajstić information content (AvgIpc) is 1.98. The number of alkyl halides is 8. The van der Waals surface area contributed by atoms with E-state index in [0.29, 0.717) is 0 Å². The quantitative estimate of drug-likeness (QED) is 0.550. The minimum atomic E-state index is -5.66. The SMILES string of the molecule is C[Si](C)(C)C(F)(F)C(F)(F)OC(F)(F)C(F)F. The van der Waals surface area contributed by atoms with Crippen molar-refractivity contribution in [2.24, 2.45) is 0 Å². The summed E-state index contributed by atoms with van der Waals surface area (Å²) in [4.78, 5) is 0. The summed E-state index contributed by atoms with van der Waals surface area (Å²) in [5.74, 6) is 0. The molecule has 0 aromatic carbocycles. The second-order valence-corrected chi connectivity index (χ2v) is 9.43. The predicted octanol–water partition coefficient (Wildman–Crippen LogP) is 3.97. The summed E-state index contributed by atoms with van der Waals surface area (Å²) < 4.78 is 102. The molecule has 0 amide bonds. The molecule has 0 atom stereocenters. The number of hydrogen-bond acceptors (Lipinski definition) is 1. The molecule has 0 spiro atoms. The van der Waals surface area contributed by atoms with Gasteiger partial charge in [0.15, 0.2) is 0 Å². The summed E-state index contributed by atoms with van der Waals surface area (Å²) in [5.41, 5.74) is -4.90. The van der Waals surface area contributed by atoms with Gasteiger partial charge in [0.05, 0.1) is 0 Å². The molecule has 0 saturated heterocycles. The third-order valence-corrected chi connectivity index (χ3v) is 4.00. The fraction of sp³-hybridized carbons (Fsp3) is 1.00. The highest BCUT2D eigenvalue weighted by Crippen LogP contribution is 2.45. The Bertz CT molecular complexity index is 272. The van der Waals surface area contributed by atoms with Crippen molar-refractivity contribution in [2.45, 2.75) is 43.8 Å². The molecule has 0 aromatic rings. The zero-order chi connectivity index (χ0) is 14.3. The molecule has 0 saturated carbocycles. The van der Waals surface area contributed by atoms with Gasteiger partial charge in [-0.2, -0.15) is 17.6 Å². The summed E-state index contributed by atoms with van der Waals surface area (Å²) in [6.07, 6.45) is -15.9. The highest BCUT2D eigenvalue weighted by molar-refractivity contribution is 6.78. The molecule has 0 bridgehead atoms. The first-order valence-corrected chi connectivity index (χ1v) is 7.77. The van der Waals surface area contributed by atoms with Crippen molar-refractivity contribution in [3.8, 4) is 0 Å². The molecule has 0 rings (SSSR count). The zero-order valence-electron chi connectivity index (χ0n) is 9.01. The molecule has 0 N–H and O–H groups in total. The summed E-state index contributed by atoms with van der Waals surface area (Å²) in [5, 5.41) is 0. The Labute approximate surface area is 92.7 Å². The first-order chi connectivity index (χ1) is 7.15. The van der Waals surface area contributed by atoms with Gasteiger partial charge in [-0.25, -0.2) is 22.3 Å². The van der Waals surface area contributed by atoms with Crippen LogP contribution < -0.4 is 0 Å². The van der Waals surface area contributed by atoms with Gasteiger partial charge in [0.1, 0.15) is 8.07 Å². The lowest BCUT2D eigenvalue weighted by Crippen LogP contribution is -2.60. The molecule has 0 aliphatic carbocycles. The van der Waals surface area contributed by atoms with Crippen molar-refractivity contribution in [3.05, 3.63) is 0 Å². The second-order valence-electron chi connectivity index (χ2n) is 4.31. The van der Waals surface area contributed by atoms with Gasteiger partial charge in [0.25, 0.3) is 0 Å². The van der Waals surface area contributed by atoms with Crippen molar-refractivity contribution in [1.82, 2.24) is 0 Å². The number of halogens is 8. The third-order valence-electron chi connectivity index (χ3n) is 1.83. The van der Waals surface area contributed by atoms with E-state index in [0.717, 1.165) is 19.6 Å². The van der Waals surface area contributed by atoms with Crippen LogP contribution in [0.3, 0.4) is 0 Å². The van der Waals surface area contributed by atoms with Gasteiger partial charge in [0.2, 0.25) is 0 Å². The maximum atomic E-state index is 13.1. The Morgan fingerprint density at radius 3 is 1.47 bits per heavy atom. The third kappa shape index (κ3) is 3.30. The largest absolute Gasteiger partial charge is 0.421 e. The molecule has 0 heterocycles. The molecule has 0 radical (unpaired) electrons. The normalized spacial score (nSPS) is 15.5. The van der Waals surface area contributed by atoms with Gasteiger partial charge in [0, 0.05) is 0 Å². The first kappa shape index (κ1) is 16.6. The Hall–Kier alpha value is -0.383. The van der Waals surface area contributed by atoms with Crippen LogP contribution in [-0.2, 0) is 4.74 Å². The van der Waals surface area contributed by atoms with Crippen LogP contribution in [0.5, 0.6) is 0 Å². The Kier molecular flexibility index (Phi) is 4.28. The topological polar surface area (TPSA) is 9.23 Å². The summed E-state index contributed by atoms with van der Waals surface area (Å²) in [7, 11) is -3.94. The van der Waals surface area contributed by atoms with Crippen LogP contribution >= 0.6 is 0 Å². The van der Waals surface area contributed by atoms with Gasteiger partial charge in [-0.3, -0.25) is 0 Å². The van der Waals surface area contributed by atoms with Crippen molar-refractivity contribution in [3.63, 3.8) is 0 Å². The number of ether oxygens (including phenoxy) is 1. The van der Waals surface area contributed by atoms with Crippen LogP contribution in [0.2, 0.25) is 19.6 Å². The lowest BCUT2D eigenvalue weighted by atomic mass is 10.6. The van der Waals surface area contributed by atoms with Crippen LogP contribution in [0.15, 0.2) is 0 Å². The van der Waals surface area contributed by atoms with Crippen LogP contribution in [0.25, 0.3) is 0 Å². The van der Waals surface area contributed by atoms with Crippen molar-refractivity contribution < 1.29 is 39.9 Å². The maximum Gasteiger partial charge on any atom is 0.421 e. The van der Waals surface area contributed by atoms with Crippen molar-refractivity contribution in [2.75, 3.05) is 0 Å². The van der Waals surface area contributed by atoms with Crippen LogP contribution in [0.1, 0.15) is 0 Å². The molecule has 17 heavy (non-hydrogen) atoms. The van der Waals surface area contributed by atoms with E-state index in [1.807, 2.05) is 0 Å². The van der Waals surface area contributed by atoms with Crippen LogP contribution in [-0.4, -0.2) is 32.3 Å².